The Kier molecular flexibility index (Phi) is 5.19. The second-order valence-corrected chi connectivity index (χ2v) is 9.72. The molecule has 0 spiro atoms. The van der Waals surface area contributed by atoms with Crippen molar-refractivity contribution < 1.29 is 5.11 Å². The monoisotopic (exact) mass is 469 g/mol. The summed E-state index contributed by atoms with van der Waals surface area (Å²) in [6.07, 6.45) is -1.38. The van der Waals surface area contributed by atoms with Gasteiger partial charge >= 0.3 is 0 Å². The molecule has 0 fully saturated rings. The first-order valence-corrected chi connectivity index (χ1v) is 10.9. The molecule has 0 bridgehead atoms. The Morgan fingerprint density at radius 2 is 1.39 bits per heavy atom. The molecule has 31 heavy (non-hydrogen) atoms. The van der Waals surface area contributed by atoms with Gasteiger partial charge in [-0.05, 0) is 17.7 Å². The highest BCUT2D eigenvalue weighted by Crippen LogP contribution is 2.44. The summed E-state index contributed by atoms with van der Waals surface area (Å²) in [5.74, 6) is 0.673. The number of fused-ring (bicyclic) bond motifs is 3. The number of aliphatic hydroxyl groups excluding tert-OH is 1. The Morgan fingerprint density at radius 3 is 2.03 bits per heavy atom. The molecule has 1 unspecified atom stereocenters. The largest absolute Gasteiger partial charge is 0.382 e. The van der Waals surface area contributed by atoms with E-state index in [1.165, 1.54) is 0 Å². The topological polar surface area (TPSA) is 42.5 Å². The van der Waals surface area contributed by atoms with Crippen LogP contribution in [0.25, 0.3) is 28.1 Å². The van der Waals surface area contributed by atoms with Gasteiger partial charge in [-0.1, -0.05) is 108 Å². The molecule has 1 atom stereocenters. The van der Waals surface area contributed by atoms with Gasteiger partial charge in [0.25, 0.3) is 0 Å². The van der Waals surface area contributed by atoms with Crippen LogP contribution in [0.4, 0.5) is 0 Å². The van der Waals surface area contributed by atoms with Crippen molar-refractivity contribution in [3.63, 3.8) is 0 Å². The van der Waals surface area contributed by atoms with Crippen LogP contribution < -0.4 is 0 Å². The molecule has 0 aliphatic rings. The summed E-state index contributed by atoms with van der Waals surface area (Å²) in [4.78, 5) is 4.94. The third-order valence-electron chi connectivity index (χ3n) is 5.35. The Hall–Kier alpha value is -2.50. The van der Waals surface area contributed by atoms with Crippen LogP contribution in [0.15, 0.2) is 84.9 Å². The van der Waals surface area contributed by atoms with Crippen LogP contribution in [0.3, 0.4) is 0 Å². The molecule has 0 saturated heterocycles. The van der Waals surface area contributed by atoms with Gasteiger partial charge in [0, 0.05) is 5.56 Å². The van der Waals surface area contributed by atoms with Crippen LogP contribution in [0.2, 0.25) is 0 Å². The van der Waals surface area contributed by atoms with Crippen molar-refractivity contribution in [2.75, 3.05) is 0 Å². The Morgan fingerprint density at radius 1 is 0.806 bits per heavy atom. The standard InChI is InChI=1S/C24H18Cl3N3O/c25-24(26,27)22(31)21-20(17-11-5-2-6-12-17)28-23-29(15-16-9-3-1-4-10-16)18-13-7-8-14-19(18)30(21)23/h1-14,22,31H,15H2. The molecule has 0 aliphatic carbocycles. The predicted octanol–water partition coefficient (Wildman–Crippen LogP) is 6.41. The van der Waals surface area contributed by atoms with E-state index in [9.17, 15) is 5.11 Å². The van der Waals surface area contributed by atoms with Crippen LogP contribution in [0, 0.1) is 0 Å². The normalized spacial score (nSPS) is 13.2. The van der Waals surface area contributed by atoms with E-state index in [1.54, 1.807) is 0 Å². The van der Waals surface area contributed by atoms with E-state index in [-0.39, 0.29) is 0 Å². The lowest BCUT2D eigenvalue weighted by molar-refractivity contribution is 0.177. The van der Waals surface area contributed by atoms with Crippen molar-refractivity contribution in [3.05, 3.63) is 96.2 Å². The SMILES string of the molecule is OC(c1c(-c2ccccc2)nc2n(Cc3ccccc3)c3ccccc3n12)C(Cl)(Cl)Cl. The lowest BCUT2D eigenvalue weighted by Crippen LogP contribution is -2.19. The molecule has 0 saturated carbocycles. The van der Waals surface area contributed by atoms with Crippen molar-refractivity contribution in [1.82, 2.24) is 14.0 Å². The molecule has 1 N–H and O–H groups in total. The molecule has 3 aromatic carbocycles. The smallest absolute Gasteiger partial charge is 0.221 e. The summed E-state index contributed by atoms with van der Waals surface area (Å²) in [6, 6.07) is 27.7. The first-order valence-electron chi connectivity index (χ1n) is 9.79. The van der Waals surface area contributed by atoms with E-state index in [1.807, 2.05) is 77.2 Å². The van der Waals surface area contributed by atoms with Gasteiger partial charge in [-0.25, -0.2) is 4.98 Å². The fraction of sp³-hybridized carbons (Fsp3) is 0.125. The minimum Gasteiger partial charge on any atom is -0.382 e. The molecule has 5 aromatic rings. The zero-order valence-corrected chi connectivity index (χ0v) is 18.6. The fourth-order valence-corrected chi connectivity index (χ4v) is 4.28. The molecule has 7 heteroatoms. The zero-order valence-electron chi connectivity index (χ0n) is 16.3. The van der Waals surface area contributed by atoms with Gasteiger partial charge in [0.05, 0.1) is 29.0 Å². The number of aliphatic hydroxyl groups is 1. The van der Waals surface area contributed by atoms with Gasteiger partial charge in [0.2, 0.25) is 9.57 Å². The van der Waals surface area contributed by atoms with Crippen molar-refractivity contribution >= 4 is 51.6 Å². The van der Waals surface area contributed by atoms with Crippen LogP contribution >= 0.6 is 34.8 Å². The molecular formula is C24H18Cl3N3O. The molecule has 2 aromatic heterocycles. The summed E-state index contributed by atoms with van der Waals surface area (Å²) in [7, 11) is 0. The van der Waals surface area contributed by atoms with Crippen LogP contribution in [0.5, 0.6) is 0 Å². The lowest BCUT2D eigenvalue weighted by atomic mass is 10.1. The van der Waals surface area contributed by atoms with Gasteiger partial charge in [-0.2, -0.15) is 0 Å². The van der Waals surface area contributed by atoms with E-state index in [4.69, 9.17) is 39.8 Å². The zero-order chi connectivity index (χ0) is 21.6. The highest BCUT2D eigenvalue weighted by molar-refractivity contribution is 6.68. The number of hydrogen-bond acceptors (Lipinski definition) is 2. The number of hydrogen-bond donors (Lipinski definition) is 1. The molecule has 2 heterocycles. The summed E-state index contributed by atoms with van der Waals surface area (Å²) in [5, 5.41) is 11.1. The van der Waals surface area contributed by atoms with Gasteiger partial charge in [-0.15, -0.1) is 0 Å². The highest BCUT2D eigenvalue weighted by atomic mass is 35.6. The van der Waals surface area contributed by atoms with Crippen molar-refractivity contribution in [2.45, 2.75) is 16.4 Å². The number of rotatable bonds is 4. The second-order valence-electron chi connectivity index (χ2n) is 7.35. The Bertz CT molecular complexity index is 1360. The third-order valence-corrected chi connectivity index (χ3v) is 5.97. The molecule has 0 amide bonds. The van der Waals surface area contributed by atoms with Gasteiger partial charge in [0.1, 0.15) is 6.10 Å². The molecule has 156 valence electrons. The first kappa shape index (κ1) is 20.4. The van der Waals surface area contributed by atoms with Crippen LogP contribution in [-0.2, 0) is 6.54 Å². The van der Waals surface area contributed by atoms with Gasteiger partial charge in [-0.3, -0.25) is 4.40 Å². The predicted molar refractivity (Wildman–Crippen MR) is 127 cm³/mol. The Labute approximate surface area is 194 Å². The Balaban J connectivity index is 1.85. The van der Waals surface area contributed by atoms with Gasteiger partial charge in [0.15, 0.2) is 0 Å². The second kappa shape index (κ2) is 7.88. The first-order chi connectivity index (χ1) is 14.9. The molecular weight excluding hydrogens is 453 g/mol. The highest BCUT2D eigenvalue weighted by Gasteiger charge is 2.38. The minimum absolute atomic E-state index is 0.448. The number of halogens is 3. The molecule has 0 radical (unpaired) electrons. The van der Waals surface area contributed by atoms with Crippen LogP contribution in [-0.4, -0.2) is 22.9 Å². The lowest BCUT2D eigenvalue weighted by Gasteiger charge is -2.20. The number of alkyl halides is 3. The quantitative estimate of drug-likeness (QED) is 0.308. The average molecular weight is 471 g/mol. The third kappa shape index (κ3) is 3.60. The number of aromatic nitrogens is 3. The molecule has 5 rings (SSSR count). The van der Waals surface area contributed by atoms with Crippen molar-refractivity contribution in [3.8, 4) is 11.3 Å². The summed E-state index contributed by atoms with van der Waals surface area (Å²) < 4.78 is 2.10. The maximum Gasteiger partial charge on any atom is 0.221 e. The summed E-state index contributed by atoms with van der Waals surface area (Å²) >= 11 is 18.5. The number of imidazole rings is 2. The average Bonchev–Trinajstić information content (AvgIpc) is 3.30. The van der Waals surface area contributed by atoms with Crippen molar-refractivity contribution in [1.29, 1.82) is 0 Å². The van der Waals surface area contributed by atoms with Crippen molar-refractivity contribution in [2.24, 2.45) is 0 Å². The van der Waals surface area contributed by atoms with E-state index in [0.29, 0.717) is 23.7 Å². The van der Waals surface area contributed by atoms with E-state index >= 15 is 0 Å². The van der Waals surface area contributed by atoms with Crippen LogP contribution in [0.1, 0.15) is 17.4 Å². The van der Waals surface area contributed by atoms with E-state index < -0.39 is 9.90 Å². The number of benzene rings is 3. The molecule has 4 nitrogen and oxygen atoms in total. The number of para-hydroxylation sites is 2. The maximum absolute atomic E-state index is 11.1. The summed E-state index contributed by atoms with van der Waals surface area (Å²) in [6.45, 7) is 0.617. The maximum atomic E-state index is 11.1. The van der Waals surface area contributed by atoms with E-state index in [0.717, 1.165) is 22.2 Å². The minimum atomic E-state index is -1.91. The fourth-order valence-electron chi connectivity index (χ4n) is 3.97. The molecule has 0 aliphatic heterocycles. The summed E-state index contributed by atoms with van der Waals surface area (Å²) in [5.41, 5.74) is 4.87. The van der Waals surface area contributed by atoms with E-state index in [2.05, 4.69) is 16.7 Å². The number of nitrogens with zero attached hydrogens (tertiary/aromatic N) is 3. The van der Waals surface area contributed by atoms with Gasteiger partial charge < -0.3 is 9.67 Å².